The molecule has 5 heteroatoms. The Kier molecular flexibility index (Phi) is 4.34. The monoisotopic (exact) mass is 326 g/mol. The molecule has 2 unspecified atom stereocenters. The van der Waals surface area contributed by atoms with Crippen molar-refractivity contribution in [3.05, 3.63) is 28.2 Å². The van der Waals surface area contributed by atoms with Crippen molar-refractivity contribution in [3.63, 3.8) is 0 Å². The van der Waals surface area contributed by atoms with Crippen LogP contribution in [0.5, 0.6) is 0 Å². The van der Waals surface area contributed by atoms with Crippen LogP contribution >= 0.6 is 15.9 Å². The molecule has 0 aliphatic carbocycles. The summed E-state index contributed by atoms with van der Waals surface area (Å²) in [5, 5.41) is 6.36. The quantitative estimate of drug-likeness (QED) is 0.868. The Labute approximate surface area is 122 Å². The number of hydrogen-bond acceptors (Lipinski definition) is 3. The van der Waals surface area contributed by atoms with Gasteiger partial charge in [0.2, 0.25) is 0 Å². The van der Waals surface area contributed by atoms with Crippen LogP contribution in [-0.2, 0) is 4.74 Å². The molecule has 0 bridgehead atoms. The number of amides is 1. The molecule has 1 aromatic carbocycles. The number of carbonyl (C=O) groups excluding carboxylic acids is 1. The fourth-order valence-corrected chi connectivity index (χ4v) is 2.66. The number of benzene rings is 1. The van der Waals surface area contributed by atoms with Gasteiger partial charge in [-0.15, -0.1) is 0 Å². The summed E-state index contributed by atoms with van der Waals surface area (Å²) < 4.78 is 6.16. The van der Waals surface area contributed by atoms with E-state index in [-0.39, 0.29) is 18.2 Å². The van der Waals surface area contributed by atoms with Crippen LogP contribution in [0.15, 0.2) is 22.7 Å². The van der Waals surface area contributed by atoms with Gasteiger partial charge in [-0.25, -0.2) is 4.79 Å². The molecule has 0 fully saturated rings. The maximum absolute atomic E-state index is 11.8. The van der Waals surface area contributed by atoms with Crippen LogP contribution in [0.4, 0.5) is 10.5 Å². The van der Waals surface area contributed by atoms with Crippen LogP contribution in [-0.4, -0.2) is 18.2 Å². The van der Waals surface area contributed by atoms with E-state index in [1.54, 1.807) is 0 Å². The van der Waals surface area contributed by atoms with E-state index in [0.29, 0.717) is 6.04 Å². The van der Waals surface area contributed by atoms with Gasteiger partial charge in [0.1, 0.15) is 0 Å². The Balaban J connectivity index is 2.17. The van der Waals surface area contributed by atoms with Gasteiger partial charge in [-0.3, -0.25) is 0 Å². The molecule has 0 saturated carbocycles. The van der Waals surface area contributed by atoms with Crippen LogP contribution < -0.4 is 10.6 Å². The number of carbonyl (C=O) groups is 1. The zero-order chi connectivity index (χ0) is 14.0. The summed E-state index contributed by atoms with van der Waals surface area (Å²) in [4.78, 5) is 11.8. The van der Waals surface area contributed by atoms with Crippen molar-refractivity contribution < 1.29 is 9.53 Å². The molecule has 0 aromatic heterocycles. The minimum Gasteiger partial charge on any atom is -0.447 e. The molecule has 1 amide bonds. The molecule has 0 radical (unpaired) electrons. The van der Waals surface area contributed by atoms with Crippen LogP contribution in [0.2, 0.25) is 0 Å². The first-order valence-electron chi connectivity index (χ1n) is 6.49. The second kappa shape index (κ2) is 5.82. The van der Waals surface area contributed by atoms with E-state index in [1.165, 1.54) is 0 Å². The summed E-state index contributed by atoms with van der Waals surface area (Å²) in [5.74, 6) is 0. The molecule has 0 saturated heterocycles. The molecule has 2 atom stereocenters. The average Bonchev–Trinajstić information content (AvgIpc) is 2.28. The molecule has 2 N–H and O–H groups in total. The Morgan fingerprint density at radius 3 is 2.95 bits per heavy atom. The minimum absolute atomic E-state index is 0.0185. The molecular formula is C14H19BrN2O2. The Hall–Kier alpha value is -1.23. The Morgan fingerprint density at radius 2 is 2.26 bits per heavy atom. The van der Waals surface area contributed by atoms with Crippen molar-refractivity contribution in [3.8, 4) is 0 Å². The third kappa shape index (κ3) is 3.62. The number of nitrogens with one attached hydrogen (secondary N) is 2. The molecule has 4 nitrogen and oxygen atoms in total. The zero-order valence-electron chi connectivity index (χ0n) is 11.4. The van der Waals surface area contributed by atoms with Gasteiger partial charge < -0.3 is 15.4 Å². The van der Waals surface area contributed by atoms with E-state index in [2.05, 4.69) is 33.5 Å². The second-order valence-electron chi connectivity index (χ2n) is 5.16. The topological polar surface area (TPSA) is 50.4 Å². The first kappa shape index (κ1) is 14.2. The molecule has 2 rings (SSSR count). The molecule has 1 aromatic rings. The second-order valence-corrected chi connectivity index (χ2v) is 6.08. The van der Waals surface area contributed by atoms with E-state index in [9.17, 15) is 4.79 Å². The summed E-state index contributed by atoms with van der Waals surface area (Å²) in [6, 6.07) is 6.35. The molecule has 1 aliphatic heterocycles. The van der Waals surface area contributed by atoms with Gasteiger partial charge in [0.25, 0.3) is 0 Å². The normalized spacial score (nSPS) is 21.5. The lowest BCUT2D eigenvalue weighted by atomic mass is 9.94. The summed E-state index contributed by atoms with van der Waals surface area (Å²) >= 11 is 3.47. The van der Waals surface area contributed by atoms with Gasteiger partial charge >= 0.3 is 6.09 Å². The lowest BCUT2D eigenvalue weighted by Crippen LogP contribution is -2.37. The first-order chi connectivity index (χ1) is 8.95. The van der Waals surface area contributed by atoms with E-state index < -0.39 is 0 Å². The largest absolute Gasteiger partial charge is 0.447 e. The van der Waals surface area contributed by atoms with Crippen LogP contribution in [0.1, 0.15) is 38.8 Å². The number of alkyl carbamates (subject to hydrolysis) is 1. The predicted molar refractivity (Wildman–Crippen MR) is 79.3 cm³/mol. The molecule has 104 valence electrons. The van der Waals surface area contributed by atoms with Crippen LogP contribution in [0.3, 0.4) is 0 Å². The number of rotatable bonds is 2. The van der Waals surface area contributed by atoms with Crippen molar-refractivity contribution in [2.75, 3.05) is 5.32 Å². The summed E-state index contributed by atoms with van der Waals surface area (Å²) in [6.07, 6.45) is 0.373. The highest BCUT2D eigenvalue weighted by atomic mass is 79.9. The summed E-state index contributed by atoms with van der Waals surface area (Å²) in [6.45, 7) is 5.79. The molecular weight excluding hydrogens is 308 g/mol. The number of hydrogen-bond donors (Lipinski definition) is 2. The van der Waals surface area contributed by atoms with Gasteiger partial charge in [0.15, 0.2) is 0 Å². The number of halogens is 1. The van der Waals surface area contributed by atoms with Crippen molar-refractivity contribution in [1.82, 2.24) is 5.32 Å². The van der Waals surface area contributed by atoms with E-state index in [4.69, 9.17) is 4.74 Å². The van der Waals surface area contributed by atoms with Crippen molar-refractivity contribution in [2.45, 2.75) is 45.4 Å². The summed E-state index contributed by atoms with van der Waals surface area (Å²) in [5.41, 5.74) is 2.16. The maximum atomic E-state index is 11.8. The third-order valence-electron chi connectivity index (χ3n) is 3.02. The number of fused-ring (bicyclic) bond motifs is 1. The fraction of sp³-hybridized carbons (Fsp3) is 0.500. The highest BCUT2D eigenvalue weighted by molar-refractivity contribution is 9.10. The van der Waals surface area contributed by atoms with Gasteiger partial charge in [0.05, 0.1) is 12.1 Å². The predicted octanol–water partition coefficient (Wildman–Crippen LogP) is 3.83. The summed E-state index contributed by atoms with van der Waals surface area (Å²) in [7, 11) is 0. The zero-order valence-corrected chi connectivity index (χ0v) is 13.0. The van der Waals surface area contributed by atoms with Gasteiger partial charge in [0, 0.05) is 16.2 Å². The van der Waals surface area contributed by atoms with E-state index in [0.717, 1.165) is 22.1 Å². The SMILES string of the molecule is CC1CC(NC(=O)OC(C)C)c2cc(Br)ccc2N1. The van der Waals surface area contributed by atoms with Gasteiger partial charge in [-0.2, -0.15) is 0 Å². The molecule has 1 aliphatic rings. The van der Waals surface area contributed by atoms with Gasteiger partial charge in [-0.1, -0.05) is 15.9 Å². The minimum atomic E-state index is -0.361. The van der Waals surface area contributed by atoms with Crippen molar-refractivity contribution in [1.29, 1.82) is 0 Å². The molecule has 19 heavy (non-hydrogen) atoms. The highest BCUT2D eigenvalue weighted by Gasteiger charge is 2.26. The Morgan fingerprint density at radius 1 is 1.53 bits per heavy atom. The van der Waals surface area contributed by atoms with Crippen molar-refractivity contribution in [2.24, 2.45) is 0 Å². The Bertz CT molecular complexity index is 477. The van der Waals surface area contributed by atoms with Gasteiger partial charge in [-0.05, 0) is 51.0 Å². The molecule has 0 spiro atoms. The third-order valence-corrected chi connectivity index (χ3v) is 3.51. The fourth-order valence-electron chi connectivity index (χ4n) is 2.29. The smallest absolute Gasteiger partial charge is 0.407 e. The lowest BCUT2D eigenvalue weighted by Gasteiger charge is -2.32. The van der Waals surface area contributed by atoms with E-state index in [1.807, 2.05) is 32.0 Å². The van der Waals surface area contributed by atoms with E-state index >= 15 is 0 Å². The average molecular weight is 327 g/mol. The van der Waals surface area contributed by atoms with Crippen LogP contribution in [0, 0.1) is 0 Å². The number of anilines is 1. The first-order valence-corrected chi connectivity index (χ1v) is 7.28. The number of ether oxygens (including phenoxy) is 1. The van der Waals surface area contributed by atoms with Crippen molar-refractivity contribution >= 4 is 27.7 Å². The maximum Gasteiger partial charge on any atom is 0.407 e. The standard InChI is InChI=1S/C14H19BrN2O2/c1-8(2)19-14(18)17-13-6-9(3)16-12-5-4-10(15)7-11(12)13/h4-5,7-9,13,16H,6H2,1-3H3,(H,17,18). The lowest BCUT2D eigenvalue weighted by molar-refractivity contribution is 0.111. The highest BCUT2D eigenvalue weighted by Crippen LogP contribution is 2.34. The molecule has 1 heterocycles. The van der Waals surface area contributed by atoms with Crippen LogP contribution in [0.25, 0.3) is 0 Å².